The molecule has 0 bridgehead atoms. The van der Waals surface area contributed by atoms with Gasteiger partial charge in [-0.05, 0) is 0 Å². The van der Waals surface area contributed by atoms with E-state index in [-0.39, 0.29) is 0 Å². The molecule has 0 N–H and O–H groups in total. The second kappa shape index (κ2) is 10.9. The van der Waals surface area contributed by atoms with Crippen molar-refractivity contribution in [2.45, 2.75) is 55.7 Å². The van der Waals surface area contributed by atoms with E-state index in [1.807, 2.05) is 3.88 Å². The predicted molar refractivity (Wildman–Crippen MR) is 156 cm³/mol. The van der Waals surface area contributed by atoms with Crippen molar-refractivity contribution in [2.24, 2.45) is 29.6 Å². The van der Waals surface area contributed by atoms with Crippen molar-refractivity contribution in [3.8, 4) is 0 Å². The summed E-state index contributed by atoms with van der Waals surface area (Å²) in [6.07, 6.45) is 0. The minimum atomic E-state index is -2.83. The van der Waals surface area contributed by atoms with E-state index in [4.69, 9.17) is 0 Å². The van der Waals surface area contributed by atoms with Gasteiger partial charge in [0.2, 0.25) is 0 Å². The van der Waals surface area contributed by atoms with Gasteiger partial charge in [0, 0.05) is 0 Å². The first kappa shape index (κ1) is 26.5. The van der Waals surface area contributed by atoms with Crippen molar-refractivity contribution in [2.75, 3.05) is 0 Å². The summed E-state index contributed by atoms with van der Waals surface area (Å²) in [5, 5.41) is 0. The second-order valence-corrected chi connectivity index (χ2v) is 18.6. The first-order chi connectivity index (χ1) is 17.8. The van der Waals surface area contributed by atoms with Crippen LogP contribution >= 0.6 is 0 Å². The molecule has 192 valence electrons. The third-order valence-corrected chi connectivity index (χ3v) is 17.9. The zero-order valence-corrected chi connectivity index (χ0v) is 25.2. The Morgan fingerprint density at radius 1 is 0.541 bits per heavy atom. The van der Waals surface area contributed by atoms with Gasteiger partial charge in [-0.3, -0.25) is 0 Å². The maximum atomic E-state index is 2.55. The van der Waals surface area contributed by atoms with Gasteiger partial charge in [-0.2, -0.15) is 0 Å². The van der Waals surface area contributed by atoms with E-state index in [1.54, 1.807) is 16.7 Å². The summed E-state index contributed by atoms with van der Waals surface area (Å²) in [6.45, 7) is 15.1. The van der Waals surface area contributed by atoms with Crippen molar-refractivity contribution in [1.29, 1.82) is 0 Å². The van der Waals surface area contributed by atoms with Gasteiger partial charge in [0.25, 0.3) is 0 Å². The zero-order chi connectivity index (χ0) is 26.2. The molecule has 0 saturated heterocycles. The van der Waals surface area contributed by atoms with Crippen LogP contribution in [-0.2, 0) is 30.8 Å². The quantitative estimate of drug-likeness (QED) is 0.270. The molecule has 3 aromatic carbocycles. The number of benzene rings is 3. The van der Waals surface area contributed by atoms with E-state index in [1.165, 1.54) is 30.9 Å². The predicted octanol–water partition coefficient (Wildman–Crippen LogP) is 9.52. The molecule has 37 heavy (non-hydrogen) atoms. The standard InChI is InChI=1S/C15H23.3C7H7.Ti/c1-8-7-14-12(5)10(3)11(4)13(6)15(14)9(8)2;3*1-7-5-3-2-4-6-7;/h9-13H,1-6H3;3*2-6H,1H2;. The first-order valence-corrected chi connectivity index (χ1v) is 18.5. The topological polar surface area (TPSA) is 0 Å². The fourth-order valence-corrected chi connectivity index (χ4v) is 17.0. The van der Waals surface area contributed by atoms with E-state index < -0.39 is 16.6 Å². The second-order valence-electron chi connectivity index (χ2n) is 12.2. The Kier molecular flexibility index (Phi) is 7.81. The molecule has 0 nitrogen and oxygen atoms in total. The van der Waals surface area contributed by atoms with Gasteiger partial charge in [-0.1, -0.05) is 0 Å². The van der Waals surface area contributed by atoms with Gasteiger partial charge in [-0.15, -0.1) is 0 Å². The average molecular weight is 525 g/mol. The first-order valence-electron chi connectivity index (χ1n) is 14.4. The van der Waals surface area contributed by atoms with Crippen LogP contribution in [0.3, 0.4) is 0 Å². The molecule has 0 radical (unpaired) electrons. The van der Waals surface area contributed by atoms with E-state index in [0.717, 1.165) is 5.92 Å². The van der Waals surface area contributed by atoms with Crippen molar-refractivity contribution in [3.63, 3.8) is 0 Å². The van der Waals surface area contributed by atoms with E-state index in [9.17, 15) is 0 Å². The number of rotatable bonds is 7. The molecule has 2 aliphatic rings. The van der Waals surface area contributed by atoms with Gasteiger partial charge in [0.05, 0.1) is 0 Å². The van der Waals surface area contributed by atoms with Crippen LogP contribution in [0.15, 0.2) is 112 Å². The minimum absolute atomic E-state index is 0.574. The summed E-state index contributed by atoms with van der Waals surface area (Å²) in [6, 6.07) is 34.3. The molecule has 0 fully saturated rings. The zero-order valence-electron chi connectivity index (χ0n) is 23.7. The van der Waals surface area contributed by atoms with Gasteiger partial charge in [0.1, 0.15) is 0 Å². The SMILES string of the molecule is CC1=[C]([Ti]([CH2]c2ccccc2)([CH2]c2ccccc2)[CH2]c2ccccc2)C2=C(C1C)C(C)C(C)C(C)C2C. The Morgan fingerprint density at radius 2 is 0.919 bits per heavy atom. The van der Waals surface area contributed by atoms with Crippen molar-refractivity contribution in [1.82, 2.24) is 0 Å². The normalized spacial score (nSPS) is 25.9. The average Bonchev–Trinajstić information content (AvgIpc) is 3.19. The van der Waals surface area contributed by atoms with Crippen molar-refractivity contribution >= 4 is 0 Å². The molecule has 0 saturated carbocycles. The molecule has 0 spiro atoms. The maximum absolute atomic E-state index is 2.83. The van der Waals surface area contributed by atoms with Crippen LogP contribution in [0.4, 0.5) is 0 Å². The third-order valence-electron chi connectivity index (χ3n) is 10.1. The summed E-state index contributed by atoms with van der Waals surface area (Å²) < 4.78 is 5.60. The van der Waals surface area contributed by atoms with Crippen molar-refractivity contribution in [3.05, 3.63) is 128 Å². The van der Waals surface area contributed by atoms with Crippen LogP contribution in [-0.4, -0.2) is 0 Å². The van der Waals surface area contributed by atoms with Crippen LogP contribution in [0.5, 0.6) is 0 Å². The Balaban J connectivity index is 1.76. The molecule has 5 rings (SSSR count). The molecule has 5 unspecified atom stereocenters. The van der Waals surface area contributed by atoms with Crippen LogP contribution in [0, 0.1) is 29.6 Å². The third kappa shape index (κ3) is 5.00. The van der Waals surface area contributed by atoms with Gasteiger partial charge < -0.3 is 0 Å². The number of hydrogen-bond acceptors (Lipinski definition) is 0. The summed E-state index contributed by atoms with van der Waals surface area (Å²) in [5.41, 5.74) is 9.85. The molecule has 2 aliphatic carbocycles. The van der Waals surface area contributed by atoms with Crippen LogP contribution in [0.25, 0.3) is 0 Å². The Hall–Kier alpha value is -2.15. The fraction of sp³-hybridized carbons (Fsp3) is 0.389. The Morgan fingerprint density at radius 3 is 1.32 bits per heavy atom. The summed E-state index contributed by atoms with van der Waals surface area (Å²) >= 11 is -2.83. The monoisotopic (exact) mass is 524 g/mol. The molecular weight excluding hydrogens is 480 g/mol. The summed E-state index contributed by atoms with van der Waals surface area (Å²) in [7, 11) is 0. The fourth-order valence-electron chi connectivity index (χ4n) is 7.74. The molecular formula is C36H44Ti. The molecule has 5 atom stereocenters. The van der Waals surface area contributed by atoms with Gasteiger partial charge in [-0.25, -0.2) is 0 Å². The molecule has 0 aliphatic heterocycles. The van der Waals surface area contributed by atoms with Crippen LogP contribution in [0.1, 0.15) is 58.2 Å². The van der Waals surface area contributed by atoms with Crippen LogP contribution in [0.2, 0.25) is 0 Å². The molecule has 3 aromatic rings. The van der Waals surface area contributed by atoms with E-state index in [2.05, 4.69) is 133 Å². The van der Waals surface area contributed by atoms with E-state index in [0.29, 0.717) is 23.7 Å². The number of allylic oxidation sites excluding steroid dienone is 4. The van der Waals surface area contributed by atoms with Crippen LogP contribution < -0.4 is 0 Å². The van der Waals surface area contributed by atoms with Gasteiger partial charge >= 0.3 is 230 Å². The number of hydrogen-bond donors (Lipinski definition) is 0. The van der Waals surface area contributed by atoms with Gasteiger partial charge in [0.15, 0.2) is 0 Å². The molecule has 0 amide bonds. The molecule has 0 heterocycles. The Bertz CT molecular complexity index is 1170. The van der Waals surface area contributed by atoms with E-state index >= 15 is 0 Å². The Labute approximate surface area is 229 Å². The molecule has 0 aromatic heterocycles. The molecule has 1 heteroatoms. The van der Waals surface area contributed by atoms with Crippen molar-refractivity contribution < 1.29 is 16.6 Å². The summed E-state index contributed by atoms with van der Waals surface area (Å²) in [4.78, 5) is 0. The summed E-state index contributed by atoms with van der Waals surface area (Å²) in [5.74, 6) is 3.32.